The van der Waals surface area contributed by atoms with Gasteiger partial charge in [-0.05, 0) is 67.5 Å². The number of unbranched alkanes of at least 4 members (excludes halogenated alkanes) is 3. The normalized spacial score (nSPS) is 11.1. The number of aromatic nitrogens is 1. The summed E-state index contributed by atoms with van der Waals surface area (Å²) in [5, 5.41) is 1.19. The molecule has 2 amide bonds. The monoisotopic (exact) mass is 551 g/mol. The molecule has 3 aromatic carbocycles. The largest absolute Gasteiger partial charge is 0.361 e. The number of benzene rings is 3. The van der Waals surface area contributed by atoms with E-state index in [4.69, 9.17) is 0 Å². The van der Waals surface area contributed by atoms with Crippen molar-refractivity contribution in [1.82, 2.24) is 14.8 Å². The van der Waals surface area contributed by atoms with Gasteiger partial charge in [0.05, 0.1) is 0 Å². The minimum absolute atomic E-state index is 0.0222. The van der Waals surface area contributed by atoms with Crippen molar-refractivity contribution >= 4 is 22.7 Å². The molecule has 0 saturated carbocycles. The van der Waals surface area contributed by atoms with Gasteiger partial charge in [0, 0.05) is 42.3 Å². The molecule has 0 spiro atoms. The Morgan fingerprint density at radius 2 is 1.44 bits per heavy atom. The van der Waals surface area contributed by atoms with E-state index in [2.05, 4.69) is 74.3 Å². The van der Waals surface area contributed by atoms with E-state index in [-0.39, 0.29) is 18.4 Å². The molecule has 0 unspecified atom stereocenters. The fourth-order valence-corrected chi connectivity index (χ4v) is 5.24. The van der Waals surface area contributed by atoms with Crippen LogP contribution in [0.25, 0.3) is 10.9 Å². The third-order valence-electron chi connectivity index (χ3n) is 7.84. The lowest BCUT2D eigenvalue weighted by Gasteiger charge is -2.28. The summed E-state index contributed by atoms with van der Waals surface area (Å²) in [7, 11) is 0. The third kappa shape index (κ3) is 8.56. The number of para-hydroxylation sites is 1. The predicted molar refractivity (Wildman–Crippen MR) is 169 cm³/mol. The van der Waals surface area contributed by atoms with Crippen LogP contribution in [-0.2, 0) is 24.2 Å². The van der Waals surface area contributed by atoms with Gasteiger partial charge in [0.1, 0.15) is 6.54 Å². The Bertz CT molecular complexity index is 1390. The van der Waals surface area contributed by atoms with Crippen molar-refractivity contribution in [3.8, 4) is 0 Å². The summed E-state index contributed by atoms with van der Waals surface area (Å²) in [6, 6.07) is 24.6. The summed E-state index contributed by atoms with van der Waals surface area (Å²) in [6.07, 6.45) is 9.21. The lowest BCUT2D eigenvalue weighted by Crippen LogP contribution is -2.43. The first-order valence-corrected chi connectivity index (χ1v) is 15.2. The Kier molecular flexibility index (Phi) is 11.2. The molecule has 5 nitrogen and oxygen atoms in total. The summed E-state index contributed by atoms with van der Waals surface area (Å²) in [6.45, 7) is 8.13. The van der Waals surface area contributed by atoms with E-state index in [1.165, 1.54) is 34.9 Å². The quantitative estimate of drug-likeness (QED) is 0.154. The fraction of sp³-hybridized carbons (Fsp3) is 0.389. The second-order valence-electron chi connectivity index (χ2n) is 11.1. The number of amides is 2. The van der Waals surface area contributed by atoms with Crippen LogP contribution in [0.4, 0.5) is 0 Å². The lowest BCUT2D eigenvalue weighted by molar-refractivity contribution is -0.132. The molecule has 0 atom stereocenters. The molecule has 0 aliphatic heterocycles. The molecule has 0 aliphatic rings. The second-order valence-corrected chi connectivity index (χ2v) is 11.1. The Hall–Kier alpha value is -3.86. The average molecular weight is 552 g/mol. The summed E-state index contributed by atoms with van der Waals surface area (Å²) < 4.78 is 0. The smallest absolute Gasteiger partial charge is 0.254 e. The molecule has 0 bridgehead atoms. The molecule has 0 saturated heterocycles. The van der Waals surface area contributed by atoms with Crippen LogP contribution in [0.3, 0.4) is 0 Å². The zero-order valence-corrected chi connectivity index (χ0v) is 25.0. The molecule has 1 aromatic heterocycles. The van der Waals surface area contributed by atoms with Crippen molar-refractivity contribution in [2.75, 3.05) is 19.6 Å². The first-order valence-electron chi connectivity index (χ1n) is 15.2. The van der Waals surface area contributed by atoms with Gasteiger partial charge in [-0.25, -0.2) is 0 Å². The zero-order valence-electron chi connectivity index (χ0n) is 25.0. The van der Waals surface area contributed by atoms with Crippen LogP contribution in [-0.4, -0.2) is 46.2 Å². The highest BCUT2D eigenvalue weighted by Gasteiger charge is 2.23. The van der Waals surface area contributed by atoms with Crippen molar-refractivity contribution in [2.24, 2.45) is 0 Å². The van der Waals surface area contributed by atoms with Crippen molar-refractivity contribution < 1.29 is 9.59 Å². The molecule has 1 heterocycles. The van der Waals surface area contributed by atoms with Crippen LogP contribution in [0.5, 0.6) is 0 Å². The van der Waals surface area contributed by atoms with Crippen LogP contribution in [0.15, 0.2) is 79.0 Å². The van der Waals surface area contributed by atoms with E-state index in [1.54, 1.807) is 4.90 Å². The van der Waals surface area contributed by atoms with Crippen molar-refractivity contribution in [1.29, 1.82) is 0 Å². The molecule has 41 heavy (non-hydrogen) atoms. The van der Waals surface area contributed by atoms with Gasteiger partial charge in [-0.1, -0.05) is 93.3 Å². The van der Waals surface area contributed by atoms with Crippen LogP contribution >= 0.6 is 0 Å². The van der Waals surface area contributed by atoms with E-state index in [1.807, 2.05) is 35.4 Å². The molecule has 4 aromatic rings. The van der Waals surface area contributed by atoms with Crippen molar-refractivity contribution in [3.05, 3.63) is 107 Å². The summed E-state index contributed by atoms with van der Waals surface area (Å²) in [4.78, 5) is 34.5. The van der Waals surface area contributed by atoms with Gasteiger partial charge in [0.25, 0.3) is 5.91 Å². The molecule has 216 valence electrons. The Morgan fingerprint density at radius 3 is 2.17 bits per heavy atom. The highest BCUT2D eigenvalue weighted by atomic mass is 16.2. The number of hydrogen-bond donors (Lipinski definition) is 1. The van der Waals surface area contributed by atoms with Gasteiger partial charge < -0.3 is 14.8 Å². The number of fused-ring (bicyclic) bond motifs is 1. The molecule has 0 fully saturated rings. The fourth-order valence-electron chi connectivity index (χ4n) is 5.24. The molecule has 0 radical (unpaired) electrons. The van der Waals surface area contributed by atoms with E-state index >= 15 is 0 Å². The Morgan fingerprint density at radius 1 is 0.732 bits per heavy atom. The third-order valence-corrected chi connectivity index (χ3v) is 7.84. The number of nitrogens with zero attached hydrogens (tertiary/aromatic N) is 2. The predicted octanol–water partition coefficient (Wildman–Crippen LogP) is 7.72. The Labute approximate surface area is 245 Å². The molecular formula is C36H45N3O2. The lowest BCUT2D eigenvalue weighted by atomic mass is 10.0. The molecule has 0 aliphatic carbocycles. The number of carbonyl (C=O) groups excluding carboxylic acids is 2. The number of nitrogens with one attached hydrogen (secondary N) is 1. The van der Waals surface area contributed by atoms with E-state index in [9.17, 15) is 9.59 Å². The average Bonchev–Trinajstić information content (AvgIpc) is 3.41. The molecule has 5 heteroatoms. The van der Waals surface area contributed by atoms with Crippen molar-refractivity contribution in [3.63, 3.8) is 0 Å². The highest BCUT2D eigenvalue weighted by molar-refractivity contribution is 5.96. The summed E-state index contributed by atoms with van der Waals surface area (Å²) in [5.74, 6) is -0.0927. The van der Waals surface area contributed by atoms with Gasteiger partial charge in [0.15, 0.2) is 0 Å². The van der Waals surface area contributed by atoms with Gasteiger partial charge >= 0.3 is 0 Å². The van der Waals surface area contributed by atoms with Crippen LogP contribution < -0.4 is 0 Å². The maximum Gasteiger partial charge on any atom is 0.254 e. The van der Waals surface area contributed by atoms with Crippen LogP contribution in [0, 0.1) is 6.92 Å². The number of aromatic amines is 1. The number of H-pyrrole nitrogens is 1. The number of aryl methyl sites for hydroxylation is 2. The first-order chi connectivity index (χ1) is 20.0. The van der Waals surface area contributed by atoms with E-state index in [0.29, 0.717) is 25.2 Å². The maximum atomic E-state index is 13.9. The van der Waals surface area contributed by atoms with E-state index < -0.39 is 0 Å². The topological polar surface area (TPSA) is 56.4 Å². The SMILES string of the molecule is CCCCCc1ccc(C(=O)N(CCCC)CC(=O)N(CCc2c[nH]c3ccccc23)Cc2ccc(C)cc2)cc1. The maximum absolute atomic E-state index is 13.9. The van der Waals surface area contributed by atoms with Crippen LogP contribution in [0.2, 0.25) is 0 Å². The van der Waals surface area contributed by atoms with Gasteiger partial charge in [-0.2, -0.15) is 0 Å². The first kappa shape index (κ1) is 30.1. The molecule has 4 rings (SSSR count). The standard InChI is InChI=1S/C36H45N3O2/c1-4-6-8-11-29-18-20-31(21-19-29)36(41)39(23-7-5-2)27-35(40)38(26-30-16-14-28(3)15-17-30)24-22-32-25-37-34-13-10-9-12-33(32)34/h9-10,12-21,25,37H,4-8,11,22-24,26-27H2,1-3H3. The highest BCUT2D eigenvalue weighted by Crippen LogP contribution is 2.19. The second kappa shape index (κ2) is 15.2. The van der Waals surface area contributed by atoms with Gasteiger partial charge in [0.2, 0.25) is 5.91 Å². The summed E-state index contributed by atoms with van der Waals surface area (Å²) in [5.41, 5.74) is 6.49. The zero-order chi connectivity index (χ0) is 29.0. The number of hydrogen-bond acceptors (Lipinski definition) is 2. The minimum atomic E-state index is -0.0705. The van der Waals surface area contributed by atoms with Crippen molar-refractivity contribution in [2.45, 2.75) is 72.3 Å². The van der Waals surface area contributed by atoms with Crippen LogP contribution in [0.1, 0.15) is 78.6 Å². The molecule has 1 N–H and O–H groups in total. The van der Waals surface area contributed by atoms with E-state index in [0.717, 1.165) is 43.2 Å². The number of carbonyl (C=O) groups is 2. The number of rotatable bonds is 15. The Balaban J connectivity index is 1.49. The minimum Gasteiger partial charge on any atom is -0.361 e. The molecular weight excluding hydrogens is 506 g/mol. The van der Waals surface area contributed by atoms with Gasteiger partial charge in [-0.15, -0.1) is 0 Å². The summed E-state index contributed by atoms with van der Waals surface area (Å²) >= 11 is 0. The van der Waals surface area contributed by atoms with Gasteiger partial charge in [-0.3, -0.25) is 9.59 Å².